The number of benzene rings is 2. The van der Waals surface area contributed by atoms with E-state index in [-0.39, 0.29) is 5.69 Å². The molecule has 0 aliphatic heterocycles. The van der Waals surface area contributed by atoms with E-state index in [1.165, 1.54) is 12.1 Å². The molecule has 1 heterocycles. The molecule has 8 heteroatoms. The minimum absolute atomic E-state index is 0.0356. The molecule has 3 aromatic rings. The summed E-state index contributed by atoms with van der Waals surface area (Å²) in [4.78, 5) is 25.2. The molecule has 1 amide bonds. The van der Waals surface area contributed by atoms with Crippen molar-refractivity contribution >= 4 is 38.4 Å². The van der Waals surface area contributed by atoms with E-state index in [0.29, 0.717) is 21.8 Å². The number of nitrogens with one attached hydrogen (secondary N) is 1. The van der Waals surface area contributed by atoms with Crippen LogP contribution in [0.15, 0.2) is 51.7 Å². The van der Waals surface area contributed by atoms with Gasteiger partial charge in [-0.2, -0.15) is 4.68 Å². The van der Waals surface area contributed by atoms with Crippen molar-refractivity contribution in [1.29, 1.82) is 0 Å². The summed E-state index contributed by atoms with van der Waals surface area (Å²) in [5, 5.41) is 10.7. The zero-order valence-electron chi connectivity index (χ0n) is 13.2. The van der Waals surface area contributed by atoms with Crippen molar-refractivity contribution in [3.8, 4) is 0 Å². The molecule has 2 aromatic carbocycles. The molecule has 1 N–H and O–H groups in total. The van der Waals surface area contributed by atoms with E-state index in [0.717, 1.165) is 4.68 Å². The quantitative estimate of drug-likeness (QED) is 0.723. The zero-order valence-corrected chi connectivity index (χ0v) is 14.8. The summed E-state index contributed by atoms with van der Waals surface area (Å²) in [6.45, 7) is 1.74. The van der Waals surface area contributed by atoms with Crippen LogP contribution in [0.25, 0.3) is 10.9 Å². The fourth-order valence-electron chi connectivity index (χ4n) is 2.48. The second-order valence-electron chi connectivity index (χ2n) is 5.39. The number of amides is 1. The summed E-state index contributed by atoms with van der Waals surface area (Å²) in [6.07, 6.45) is 0.302. The van der Waals surface area contributed by atoms with Gasteiger partial charge in [-0.1, -0.05) is 40.2 Å². The van der Waals surface area contributed by atoms with Gasteiger partial charge in [0, 0.05) is 4.47 Å². The maximum absolute atomic E-state index is 13.9. The summed E-state index contributed by atoms with van der Waals surface area (Å²) in [5.74, 6) is -1.11. The Balaban J connectivity index is 1.95. The second kappa shape index (κ2) is 7.10. The van der Waals surface area contributed by atoms with Crippen LogP contribution in [0.3, 0.4) is 0 Å². The fraction of sp³-hybridized carbons (Fsp3) is 0.176. The standard InChI is InChI=1S/C17H14BrFN4O2/c1-2-15(16(24)20-14-8-7-10(18)9-12(14)19)23-17(25)11-5-3-4-6-13(11)21-22-23/h3-9,15H,2H2,1H3,(H,20,24)/t15-/m0/s1. The molecule has 0 aliphatic carbocycles. The van der Waals surface area contributed by atoms with Crippen molar-refractivity contribution in [1.82, 2.24) is 15.0 Å². The highest BCUT2D eigenvalue weighted by molar-refractivity contribution is 9.10. The number of hydrogen-bond acceptors (Lipinski definition) is 4. The molecule has 0 aliphatic rings. The second-order valence-corrected chi connectivity index (χ2v) is 6.31. The van der Waals surface area contributed by atoms with Gasteiger partial charge in [0.05, 0.1) is 11.1 Å². The molecule has 0 fully saturated rings. The Morgan fingerprint density at radius 2 is 2.08 bits per heavy atom. The van der Waals surface area contributed by atoms with Gasteiger partial charge in [0.15, 0.2) is 0 Å². The monoisotopic (exact) mass is 404 g/mol. The van der Waals surface area contributed by atoms with Crippen LogP contribution in [0, 0.1) is 5.82 Å². The van der Waals surface area contributed by atoms with E-state index >= 15 is 0 Å². The van der Waals surface area contributed by atoms with E-state index in [4.69, 9.17) is 0 Å². The first-order chi connectivity index (χ1) is 12.0. The highest BCUT2D eigenvalue weighted by Gasteiger charge is 2.23. The van der Waals surface area contributed by atoms with Crippen LogP contribution in [0.4, 0.5) is 10.1 Å². The fourth-order valence-corrected chi connectivity index (χ4v) is 2.82. The first-order valence-corrected chi connectivity index (χ1v) is 8.40. The van der Waals surface area contributed by atoms with Crippen molar-refractivity contribution in [2.75, 3.05) is 5.32 Å². The SMILES string of the molecule is CC[C@@H](C(=O)Nc1ccc(Br)cc1F)n1nnc2ccccc2c1=O. The highest BCUT2D eigenvalue weighted by atomic mass is 79.9. The van der Waals surface area contributed by atoms with Gasteiger partial charge >= 0.3 is 0 Å². The average molecular weight is 405 g/mol. The Morgan fingerprint density at radius 3 is 2.80 bits per heavy atom. The molecule has 1 atom stereocenters. The molecular weight excluding hydrogens is 391 g/mol. The highest BCUT2D eigenvalue weighted by Crippen LogP contribution is 2.21. The lowest BCUT2D eigenvalue weighted by molar-refractivity contribution is -0.119. The molecule has 0 saturated carbocycles. The number of hydrogen-bond donors (Lipinski definition) is 1. The van der Waals surface area contributed by atoms with Gasteiger partial charge < -0.3 is 5.32 Å². The first-order valence-electron chi connectivity index (χ1n) is 7.61. The van der Waals surface area contributed by atoms with E-state index < -0.39 is 23.3 Å². The summed E-state index contributed by atoms with van der Waals surface area (Å²) in [6, 6.07) is 10.2. The Labute approximate surface area is 150 Å². The Morgan fingerprint density at radius 1 is 1.32 bits per heavy atom. The third kappa shape index (κ3) is 3.43. The molecular formula is C17H14BrFN4O2. The molecule has 6 nitrogen and oxygen atoms in total. The van der Waals surface area contributed by atoms with Crippen LogP contribution in [-0.4, -0.2) is 20.9 Å². The maximum atomic E-state index is 13.9. The summed E-state index contributed by atoms with van der Waals surface area (Å²) >= 11 is 3.16. The predicted molar refractivity (Wildman–Crippen MR) is 95.9 cm³/mol. The van der Waals surface area contributed by atoms with Crippen LogP contribution in [0.1, 0.15) is 19.4 Å². The first kappa shape index (κ1) is 17.2. The number of aromatic nitrogens is 3. The molecule has 0 spiro atoms. The number of rotatable bonds is 4. The van der Waals surface area contributed by atoms with Crippen molar-refractivity contribution in [3.05, 3.63) is 63.1 Å². The molecule has 0 saturated heterocycles. The topological polar surface area (TPSA) is 76.9 Å². The maximum Gasteiger partial charge on any atom is 0.278 e. The summed E-state index contributed by atoms with van der Waals surface area (Å²) < 4.78 is 15.5. The number of nitrogens with zero attached hydrogens (tertiary/aromatic N) is 3. The zero-order chi connectivity index (χ0) is 18.0. The van der Waals surface area contributed by atoms with E-state index in [9.17, 15) is 14.0 Å². The van der Waals surface area contributed by atoms with Crippen molar-refractivity contribution < 1.29 is 9.18 Å². The Hall–Kier alpha value is -2.61. The van der Waals surface area contributed by atoms with E-state index in [2.05, 4.69) is 31.6 Å². The number of carbonyl (C=O) groups excluding carboxylic acids is 1. The van der Waals surface area contributed by atoms with Crippen LogP contribution in [0.2, 0.25) is 0 Å². The van der Waals surface area contributed by atoms with Crippen molar-refractivity contribution in [2.24, 2.45) is 0 Å². The smallest absolute Gasteiger partial charge is 0.278 e. The number of carbonyl (C=O) groups is 1. The normalized spacial score (nSPS) is 12.1. The molecule has 1 aromatic heterocycles. The number of anilines is 1. The van der Waals surface area contributed by atoms with Gasteiger partial charge in [-0.25, -0.2) is 4.39 Å². The van der Waals surface area contributed by atoms with E-state index in [1.807, 2.05) is 0 Å². The number of fused-ring (bicyclic) bond motifs is 1. The third-order valence-electron chi connectivity index (χ3n) is 3.76. The van der Waals surface area contributed by atoms with Crippen molar-refractivity contribution in [3.63, 3.8) is 0 Å². The van der Waals surface area contributed by atoms with E-state index in [1.54, 1.807) is 37.3 Å². The van der Waals surface area contributed by atoms with Gasteiger partial charge in [0.1, 0.15) is 17.4 Å². The minimum Gasteiger partial charge on any atom is -0.322 e. The minimum atomic E-state index is -0.896. The summed E-state index contributed by atoms with van der Waals surface area (Å²) in [5.41, 5.74) is 0.0790. The molecule has 0 unspecified atom stereocenters. The molecule has 0 radical (unpaired) electrons. The van der Waals surface area contributed by atoms with Gasteiger partial charge in [0.25, 0.3) is 5.56 Å². The average Bonchev–Trinajstić information content (AvgIpc) is 2.60. The van der Waals surface area contributed by atoms with Crippen LogP contribution < -0.4 is 10.9 Å². The van der Waals surface area contributed by atoms with Crippen LogP contribution in [-0.2, 0) is 4.79 Å². The largest absolute Gasteiger partial charge is 0.322 e. The molecule has 128 valence electrons. The lowest BCUT2D eigenvalue weighted by Crippen LogP contribution is -2.35. The molecule has 3 rings (SSSR count). The molecule has 0 bridgehead atoms. The lowest BCUT2D eigenvalue weighted by atomic mass is 10.2. The van der Waals surface area contributed by atoms with Crippen LogP contribution in [0.5, 0.6) is 0 Å². The van der Waals surface area contributed by atoms with Crippen molar-refractivity contribution in [2.45, 2.75) is 19.4 Å². The molecule has 25 heavy (non-hydrogen) atoms. The summed E-state index contributed by atoms with van der Waals surface area (Å²) in [7, 11) is 0. The Bertz CT molecular complexity index is 1010. The van der Waals surface area contributed by atoms with Gasteiger partial charge in [0.2, 0.25) is 5.91 Å². The van der Waals surface area contributed by atoms with Gasteiger partial charge in [-0.05, 0) is 36.8 Å². The third-order valence-corrected chi connectivity index (χ3v) is 4.26. The number of halogens is 2. The van der Waals surface area contributed by atoms with Crippen LogP contribution >= 0.6 is 15.9 Å². The van der Waals surface area contributed by atoms with Gasteiger partial charge in [-0.15, -0.1) is 5.10 Å². The Kier molecular flexibility index (Phi) is 4.89. The predicted octanol–water partition coefficient (Wildman–Crippen LogP) is 3.28. The van der Waals surface area contributed by atoms with Gasteiger partial charge in [-0.3, -0.25) is 9.59 Å². The lowest BCUT2D eigenvalue weighted by Gasteiger charge is -2.16.